The Hall–Kier alpha value is -1.68. The third-order valence-electron chi connectivity index (χ3n) is 2.06. The number of amides is 1. The van der Waals surface area contributed by atoms with E-state index in [0.717, 1.165) is 0 Å². The number of aromatic amines is 1. The van der Waals surface area contributed by atoms with Crippen LogP contribution < -0.4 is 5.32 Å². The van der Waals surface area contributed by atoms with Gasteiger partial charge < -0.3 is 15.4 Å². The quantitative estimate of drug-likeness (QED) is 0.753. The molecule has 2 aromatic rings. The molecule has 16 heavy (non-hydrogen) atoms. The summed E-state index contributed by atoms with van der Waals surface area (Å²) >= 11 is 5.77. The minimum absolute atomic E-state index is 0.0855. The van der Waals surface area contributed by atoms with E-state index in [1.807, 2.05) is 0 Å². The van der Waals surface area contributed by atoms with Crippen molar-refractivity contribution in [1.29, 1.82) is 0 Å². The number of phenols is 1. The van der Waals surface area contributed by atoms with Gasteiger partial charge >= 0.3 is 0 Å². The van der Waals surface area contributed by atoms with Crippen LogP contribution in [0, 0.1) is 0 Å². The second kappa shape index (κ2) is 4.06. The highest BCUT2D eigenvalue weighted by Gasteiger charge is 2.05. The van der Waals surface area contributed by atoms with Gasteiger partial charge in [0.1, 0.15) is 5.75 Å². The van der Waals surface area contributed by atoms with E-state index in [1.165, 1.54) is 25.1 Å². The normalized spacial score (nSPS) is 13.4. The zero-order chi connectivity index (χ0) is 13.5. The lowest BCUT2D eigenvalue weighted by Gasteiger charge is -1.97. The average Bonchev–Trinajstić information content (AvgIpc) is 2.60. The van der Waals surface area contributed by atoms with Gasteiger partial charge in [0.05, 0.1) is 14.3 Å². The number of carbonyl (C=O) groups is 1. The van der Waals surface area contributed by atoms with Gasteiger partial charge in [-0.15, -0.1) is 0 Å². The van der Waals surface area contributed by atoms with Crippen LogP contribution in [0.4, 0.5) is 0 Å². The molecule has 0 fully saturated rings. The van der Waals surface area contributed by atoms with E-state index in [9.17, 15) is 9.90 Å². The first-order valence-corrected chi connectivity index (χ1v) is 4.98. The van der Waals surface area contributed by atoms with Crippen LogP contribution in [0.1, 0.15) is 15.4 Å². The van der Waals surface area contributed by atoms with Gasteiger partial charge in [-0.25, -0.2) is 0 Å². The van der Waals surface area contributed by atoms with E-state index >= 15 is 0 Å². The third-order valence-corrected chi connectivity index (χ3v) is 2.36. The van der Waals surface area contributed by atoms with Crippen molar-refractivity contribution in [3.05, 3.63) is 28.9 Å². The Balaban J connectivity index is 2.50. The molecule has 0 saturated heterocycles. The van der Waals surface area contributed by atoms with E-state index in [1.54, 1.807) is 0 Å². The van der Waals surface area contributed by atoms with Gasteiger partial charge in [0.25, 0.3) is 0 Å². The van der Waals surface area contributed by atoms with E-state index in [2.05, 4.69) is 10.3 Å². The molecule has 0 aliphatic carbocycles. The number of phenolic OH excluding ortho intramolecular Hbond substituents is 1. The predicted molar refractivity (Wildman–Crippen MR) is 62.5 cm³/mol. The van der Waals surface area contributed by atoms with E-state index in [0.29, 0.717) is 10.9 Å². The van der Waals surface area contributed by atoms with Crippen LogP contribution >= 0.6 is 11.6 Å². The molecule has 0 aliphatic rings. The summed E-state index contributed by atoms with van der Waals surface area (Å²) < 4.78 is 15.5. The highest BCUT2D eigenvalue weighted by Crippen LogP contribution is 2.28. The van der Waals surface area contributed by atoms with E-state index in [-0.39, 0.29) is 16.5 Å². The van der Waals surface area contributed by atoms with E-state index < -0.39 is 12.4 Å². The first kappa shape index (κ1) is 8.47. The summed E-state index contributed by atoms with van der Waals surface area (Å²) in [5.41, 5.74) is 0.732. The molecule has 0 unspecified atom stereocenters. The van der Waals surface area contributed by atoms with Crippen LogP contribution in [-0.4, -0.2) is 16.0 Å². The SMILES string of the molecule is [2H]C([2H])(NC(C)=O)c1cc2cc(Cl)c(O)cc2[nH]1. The summed E-state index contributed by atoms with van der Waals surface area (Å²) in [6, 6.07) is 4.47. The van der Waals surface area contributed by atoms with E-state index in [4.69, 9.17) is 14.3 Å². The molecule has 0 saturated carbocycles. The monoisotopic (exact) mass is 240 g/mol. The van der Waals surface area contributed by atoms with Crippen LogP contribution in [0.3, 0.4) is 0 Å². The molecular formula is C11H11ClN2O2. The molecule has 0 radical (unpaired) electrons. The van der Waals surface area contributed by atoms with Gasteiger partial charge in [-0.2, -0.15) is 0 Å². The number of benzene rings is 1. The average molecular weight is 241 g/mol. The number of H-pyrrole nitrogens is 1. The van der Waals surface area contributed by atoms with Crippen LogP contribution in [0.15, 0.2) is 18.2 Å². The lowest BCUT2D eigenvalue weighted by Crippen LogP contribution is -2.18. The van der Waals surface area contributed by atoms with Gasteiger partial charge in [-0.3, -0.25) is 4.79 Å². The van der Waals surface area contributed by atoms with Gasteiger partial charge in [0, 0.05) is 29.6 Å². The molecule has 84 valence electrons. The zero-order valence-corrected chi connectivity index (χ0v) is 9.22. The molecular weight excluding hydrogens is 228 g/mol. The summed E-state index contributed by atoms with van der Waals surface area (Å²) in [6.45, 7) is -0.768. The molecule has 4 nitrogen and oxygen atoms in total. The second-order valence-electron chi connectivity index (χ2n) is 3.38. The summed E-state index contributed by atoms with van der Waals surface area (Å²) in [4.78, 5) is 13.7. The number of aromatic nitrogens is 1. The second-order valence-corrected chi connectivity index (χ2v) is 3.79. The maximum Gasteiger partial charge on any atom is 0.217 e. The highest BCUT2D eigenvalue weighted by molar-refractivity contribution is 6.32. The summed E-state index contributed by atoms with van der Waals surface area (Å²) in [5, 5.41) is 12.5. The molecule has 1 aromatic carbocycles. The Morgan fingerprint density at radius 2 is 2.38 bits per heavy atom. The fourth-order valence-corrected chi connectivity index (χ4v) is 1.54. The zero-order valence-electron chi connectivity index (χ0n) is 10.5. The Labute approximate surface area is 100 Å². The number of rotatable bonds is 2. The smallest absolute Gasteiger partial charge is 0.217 e. The van der Waals surface area contributed by atoms with Crippen molar-refractivity contribution in [2.24, 2.45) is 0 Å². The Kier molecular flexibility index (Phi) is 2.15. The van der Waals surface area contributed by atoms with Crippen LogP contribution in [-0.2, 0) is 11.3 Å². The number of halogens is 1. The van der Waals surface area contributed by atoms with Crippen molar-refractivity contribution in [3.63, 3.8) is 0 Å². The molecule has 5 heteroatoms. The van der Waals surface area contributed by atoms with Gasteiger partial charge in [0.2, 0.25) is 5.91 Å². The maximum absolute atomic E-state index is 10.9. The van der Waals surface area contributed by atoms with Crippen molar-refractivity contribution >= 4 is 28.4 Å². The summed E-state index contributed by atoms with van der Waals surface area (Å²) in [6.07, 6.45) is 0. The third kappa shape index (κ3) is 2.12. The largest absolute Gasteiger partial charge is 0.506 e. The van der Waals surface area contributed by atoms with Crippen molar-refractivity contribution < 1.29 is 12.6 Å². The number of hydrogen-bond donors (Lipinski definition) is 3. The first-order valence-electron chi connectivity index (χ1n) is 5.60. The molecule has 1 aromatic heterocycles. The van der Waals surface area contributed by atoms with Crippen molar-refractivity contribution in [2.45, 2.75) is 13.4 Å². The lowest BCUT2D eigenvalue weighted by molar-refractivity contribution is -0.119. The topological polar surface area (TPSA) is 65.1 Å². The first-order chi connectivity index (χ1) is 8.29. The lowest BCUT2D eigenvalue weighted by atomic mass is 10.2. The molecule has 0 bridgehead atoms. The minimum atomic E-state index is -2.01. The summed E-state index contributed by atoms with van der Waals surface area (Å²) in [5.74, 6) is -0.558. The van der Waals surface area contributed by atoms with Crippen molar-refractivity contribution in [1.82, 2.24) is 10.3 Å². The molecule has 0 aliphatic heterocycles. The Morgan fingerprint density at radius 1 is 1.62 bits per heavy atom. The predicted octanol–water partition coefficient (Wildman–Crippen LogP) is 2.16. The number of carbonyl (C=O) groups excluding carboxylic acids is 1. The van der Waals surface area contributed by atoms with Crippen LogP contribution in [0.5, 0.6) is 5.75 Å². The van der Waals surface area contributed by atoms with Gasteiger partial charge in [-0.1, -0.05) is 11.6 Å². The molecule has 1 heterocycles. The standard InChI is InChI=1S/C11H11ClN2O2/c1-6(15)13-5-8-2-7-3-9(12)11(16)4-10(7)14-8/h2-4,14,16H,5H2,1H3,(H,13,15)/i5D2. The fraction of sp³-hybridized carbons (Fsp3) is 0.182. The van der Waals surface area contributed by atoms with Crippen molar-refractivity contribution in [3.8, 4) is 5.75 Å². The molecule has 0 atom stereocenters. The molecule has 2 rings (SSSR count). The van der Waals surface area contributed by atoms with Crippen molar-refractivity contribution in [2.75, 3.05) is 0 Å². The summed E-state index contributed by atoms with van der Waals surface area (Å²) in [7, 11) is 0. The van der Waals surface area contributed by atoms with Gasteiger partial charge in [0.15, 0.2) is 0 Å². The maximum atomic E-state index is 10.9. The fourth-order valence-electron chi connectivity index (χ4n) is 1.36. The van der Waals surface area contributed by atoms with Crippen LogP contribution in [0.25, 0.3) is 10.9 Å². The number of fused-ring (bicyclic) bond motifs is 1. The van der Waals surface area contributed by atoms with Gasteiger partial charge in [-0.05, 0) is 12.1 Å². The number of hydrogen-bond acceptors (Lipinski definition) is 2. The molecule has 0 spiro atoms. The van der Waals surface area contributed by atoms with Crippen LogP contribution in [0.2, 0.25) is 5.02 Å². The number of nitrogens with one attached hydrogen (secondary N) is 2. The highest BCUT2D eigenvalue weighted by atomic mass is 35.5. The number of aromatic hydroxyl groups is 1. The molecule has 3 N–H and O–H groups in total. The Morgan fingerprint density at radius 3 is 3.06 bits per heavy atom. The Bertz CT molecular complexity index is 586. The minimum Gasteiger partial charge on any atom is -0.506 e. The molecule has 1 amide bonds.